The molecule has 0 radical (unpaired) electrons. The van der Waals surface area contributed by atoms with E-state index in [0.29, 0.717) is 11.3 Å². The lowest BCUT2D eigenvalue weighted by Crippen LogP contribution is -2.10. The quantitative estimate of drug-likeness (QED) is 0.423. The Morgan fingerprint density at radius 1 is 1.23 bits per heavy atom. The Balaban J connectivity index is 1.73. The van der Waals surface area contributed by atoms with Crippen molar-refractivity contribution in [3.05, 3.63) is 87.1 Å². The van der Waals surface area contributed by atoms with Crippen LogP contribution in [0.25, 0.3) is 22.2 Å². The van der Waals surface area contributed by atoms with Gasteiger partial charge in [-0.05, 0) is 43.1 Å². The van der Waals surface area contributed by atoms with E-state index in [9.17, 15) is 5.26 Å². The van der Waals surface area contributed by atoms with Crippen LogP contribution in [0, 0.1) is 17.9 Å². The van der Waals surface area contributed by atoms with Crippen molar-refractivity contribution in [2.24, 2.45) is 0 Å². The molecule has 1 aliphatic heterocycles. The van der Waals surface area contributed by atoms with Crippen molar-refractivity contribution in [1.29, 1.82) is 5.26 Å². The number of benzene rings is 1. The van der Waals surface area contributed by atoms with Gasteiger partial charge in [0.1, 0.15) is 11.5 Å². The number of hydrogen-bond acceptors (Lipinski definition) is 5. The lowest BCUT2D eigenvalue weighted by Gasteiger charge is -2.26. The highest BCUT2D eigenvalue weighted by molar-refractivity contribution is 7.16. The lowest BCUT2D eigenvalue weighted by atomic mass is 9.89. The summed E-state index contributed by atoms with van der Waals surface area (Å²) in [5.74, 6) is 1.53. The van der Waals surface area contributed by atoms with E-state index in [4.69, 9.17) is 16.3 Å². The summed E-state index contributed by atoms with van der Waals surface area (Å²) in [4.78, 5) is 11.3. The Bertz CT molecular complexity index is 1180. The van der Waals surface area contributed by atoms with E-state index in [1.54, 1.807) is 11.3 Å². The Morgan fingerprint density at radius 3 is 2.71 bits per heavy atom. The first-order chi connectivity index (χ1) is 15.1. The largest absolute Gasteiger partial charge is 0.462 e. The van der Waals surface area contributed by atoms with Crippen LogP contribution in [0.15, 0.2) is 70.8 Å². The van der Waals surface area contributed by atoms with Gasteiger partial charge in [-0.25, -0.2) is 15.1 Å². The third-order valence-electron chi connectivity index (χ3n) is 5.21. The maximum atomic E-state index is 9.44. The number of ether oxygens (including phenoxy) is 1. The van der Waals surface area contributed by atoms with E-state index >= 15 is 0 Å². The smallest absolute Gasteiger partial charge is 0.269 e. The molecular weight excluding hydrogens is 404 g/mol. The summed E-state index contributed by atoms with van der Waals surface area (Å²) in [6, 6.07) is 12.2. The monoisotopic (exact) mass is 426 g/mol. The predicted octanol–water partition coefficient (Wildman–Crippen LogP) is 6.33. The molecule has 1 aromatic carbocycles. The van der Waals surface area contributed by atoms with Gasteiger partial charge in [0.25, 0.3) is 5.70 Å². The van der Waals surface area contributed by atoms with Gasteiger partial charge in [-0.1, -0.05) is 41.7 Å². The number of rotatable bonds is 4. The zero-order valence-electron chi connectivity index (χ0n) is 17.6. The number of thiazole rings is 1. The molecule has 1 aliphatic carbocycles. The average Bonchev–Trinajstić information content (AvgIpc) is 3.24. The first kappa shape index (κ1) is 20.7. The summed E-state index contributed by atoms with van der Waals surface area (Å²) in [6.45, 7) is 7.39. The first-order valence-electron chi connectivity index (χ1n) is 10.2. The normalized spacial score (nSPS) is 17.4. The Morgan fingerprint density at radius 2 is 2.00 bits per heavy atom. The maximum absolute atomic E-state index is 9.44. The molecule has 2 aromatic rings. The molecule has 0 saturated carbocycles. The predicted molar refractivity (Wildman–Crippen MR) is 125 cm³/mol. The number of nitriles is 1. The number of allylic oxidation sites excluding steroid dienone is 6. The van der Waals surface area contributed by atoms with E-state index < -0.39 is 0 Å². The fraction of sp³-hybridized carbons (Fsp3) is 0.240. The summed E-state index contributed by atoms with van der Waals surface area (Å²) in [5.41, 5.74) is 3.83. The third-order valence-corrected chi connectivity index (χ3v) is 6.40. The lowest BCUT2D eigenvalue weighted by molar-refractivity contribution is 0.282. The van der Waals surface area contributed by atoms with Crippen molar-refractivity contribution in [2.45, 2.75) is 25.7 Å². The fourth-order valence-corrected chi connectivity index (χ4v) is 4.61. The van der Waals surface area contributed by atoms with Gasteiger partial charge in [0.05, 0.1) is 23.2 Å². The Hall–Kier alpha value is -3.61. The zero-order valence-corrected chi connectivity index (χ0v) is 18.4. The molecule has 0 bridgehead atoms. The molecule has 0 unspecified atom stereocenters. The zero-order chi connectivity index (χ0) is 21.8. The summed E-state index contributed by atoms with van der Waals surface area (Å²) in [7, 11) is 3.96. The Kier molecular flexibility index (Phi) is 6.02. The van der Waals surface area contributed by atoms with Crippen LogP contribution < -0.4 is 4.90 Å². The highest BCUT2D eigenvalue weighted by atomic mass is 32.1. The van der Waals surface area contributed by atoms with Crippen molar-refractivity contribution in [1.82, 2.24) is 4.98 Å². The van der Waals surface area contributed by atoms with Crippen LogP contribution >= 0.6 is 11.3 Å². The van der Waals surface area contributed by atoms with E-state index in [1.165, 1.54) is 0 Å². The third kappa shape index (κ3) is 4.30. The van der Waals surface area contributed by atoms with Crippen LogP contribution in [-0.4, -0.2) is 19.1 Å². The molecule has 0 amide bonds. The van der Waals surface area contributed by atoms with E-state index in [2.05, 4.69) is 17.0 Å². The maximum Gasteiger partial charge on any atom is 0.269 e. The SMILES string of the molecule is [C-]#[N+]/C(C#N)=C1C=C(/C=C/c2sc(N(C)C)nc2-c2ccccc2)OC2=C/1CCCC2. The molecule has 31 heavy (non-hydrogen) atoms. The molecule has 0 saturated heterocycles. The average molecular weight is 427 g/mol. The van der Waals surface area contributed by atoms with E-state index in [1.807, 2.05) is 61.5 Å². The van der Waals surface area contributed by atoms with Crippen LogP contribution in [0.3, 0.4) is 0 Å². The second kappa shape index (κ2) is 9.04. The minimum Gasteiger partial charge on any atom is -0.462 e. The first-order valence-corrected chi connectivity index (χ1v) is 11.0. The Labute approximate surface area is 186 Å². The van der Waals surface area contributed by atoms with Gasteiger partial charge in [0.2, 0.25) is 0 Å². The molecule has 0 fully saturated rings. The van der Waals surface area contributed by atoms with Gasteiger partial charge in [0, 0.05) is 31.7 Å². The van der Waals surface area contributed by atoms with Crippen LogP contribution in [0.5, 0.6) is 0 Å². The van der Waals surface area contributed by atoms with Gasteiger partial charge in [-0.3, -0.25) is 0 Å². The minimum absolute atomic E-state index is 0.126. The molecular formula is C25H22N4OS. The molecule has 0 atom stereocenters. The van der Waals surface area contributed by atoms with Crippen molar-refractivity contribution >= 4 is 22.5 Å². The van der Waals surface area contributed by atoms with Crippen molar-refractivity contribution < 1.29 is 4.74 Å². The molecule has 5 nitrogen and oxygen atoms in total. The molecule has 154 valence electrons. The van der Waals surface area contributed by atoms with E-state index in [0.717, 1.165) is 58.3 Å². The standard InChI is InChI=1S/C25H22N4OS/c1-27-21(16-26)20-15-18(30-22-12-8-7-11-19(20)22)13-14-23-24(17-9-5-4-6-10-17)28-25(31-23)29(2)3/h4-6,9-10,13-15H,7-8,11-12H2,2-3H3/b14-13+,21-20-. The number of anilines is 1. The minimum atomic E-state index is 0.126. The second-order valence-electron chi connectivity index (χ2n) is 7.55. The molecule has 2 heterocycles. The number of aromatic nitrogens is 1. The number of nitrogens with zero attached hydrogens (tertiary/aromatic N) is 4. The van der Waals surface area contributed by atoms with Crippen LogP contribution in [0.2, 0.25) is 0 Å². The number of hydrogen-bond donors (Lipinski definition) is 0. The van der Waals surface area contributed by atoms with E-state index in [-0.39, 0.29) is 5.70 Å². The van der Waals surface area contributed by atoms with Gasteiger partial charge >= 0.3 is 0 Å². The van der Waals surface area contributed by atoms with Crippen molar-refractivity contribution in [3.8, 4) is 17.3 Å². The van der Waals surface area contributed by atoms with Crippen LogP contribution in [-0.2, 0) is 4.74 Å². The fourth-order valence-electron chi connectivity index (χ4n) is 3.70. The molecule has 0 N–H and O–H groups in total. The van der Waals surface area contributed by atoms with Gasteiger partial charge in [-0.2, -0.15) is 0 Å². The van der Waals surface area contributed by atoms with Crippen LogP contribution in [0.4, 0.5) is 5.13 Å². The van der Waals surface area contributed by atoms with Gasteiger partial charge in [0.15, 0.2) is 5.13 Å². The summed E-state index contributed by atoms with van der Waals surface area (Å²) in [6.07, 6.45) is 9.54. The molecule has 0 spiro atoms. The summed E-state index contributed by atoms with van der Waals surface area (Å²) >= 11 is 1.61. The molecule has 2 aliphatic rings. The highest BCUT2D eigenvalue weighted by Crippen LogP contribution is 2.39. The summed E-state index contributed by atoms with van der Waals surface area (Å²) in [5, 5.41) is 10.4. The molecule has 4 rings (SSSR count). The van der Waals surface area contributed by atoms with Gasteiger partial charge < -0.3 is 9.64 Å². The summed E-state index contributed by atoms with van der Waals surface area (Å²) < 4.78 is 6.16. The van der Waals surface area contributed by atoms with Crippen molar-refractivity contribution in [2.75, 3.05) is 19.0 Å². The molecule has 6 heteroatoms. The topological polar surface area (TPSA) is 53.5 Å². The van der Waals surface area contributed by atoms with Gasteiger partial charge in [-0.15, -0.1) is 0 Å². The molecule has 1 aromatic heterocycles. The second-order valence-corrected chi connectivity index (χ2v) is 8.56. The van der Waals surface area contributed by atoms with Crippen LogP contribution in [0.1, 0.15) is 30.6 Å². The highest BCUT2D eigenvalue weighted by Gasteiger charge is 2.24. The van der Waals surface area contributed by atoms with Crippen molar-refractivity contribution in [3.63, 3.8) is 0 Å².